The zero-order chi connectivity index (χ0) is 22.7. The van der Waals surface area contributed by atoms with Gasteiger partial charge in [0.05, 0.1) is 24.5 Å². The number of benzene rings is 2. The van der Waals surface area contributed by atoms with E-state index in [-0.39, 0.29) is 12.1 Å². The van der Waals surface area contributed by atoms with Crippen LogP contribution >= 0.6 is 0 Å². The fourth-order valence-corrected chi connectivity index (χ4v) is 4.64. The van der Waals surface area contributed by atoms with E-state index >= 15 is 0 Å². The van der Waals surface area contributed by atoms with Crippen LogP contribution in [0.2, 0.25) is 0 Å². The maximum absolute atomic E-state index is 11.8. The number of nitrogens with two attached hydrogens (primary N) is 1. The zero-order valence-corrected chi connectivity index (χ0v) is 19.2. The van der Waals surface area contributed by atoms with E-state index in [1.165, 1.54) is 5.56 Å². The minimum atomic E-state index is -0.225. The lowest BCUT2D eigenvalue weighted by Gasteiger charge is -2.36. The SMILES string of the molecule is COc1cc(CCN2CCN(CC(OC)c3ccc4c(c3C)COC4=O)CC2)ccc1N. The number of cyclic esters (lactones) is 1. The molecule has 0 aliphatic carbocycles. The Hall–Kier alpha value is -2.61. The topological polar surface area (TPSA) is 77.3 Å². The van der Waals surface area contributed by atoms with Crippen molar-refractivity contribution in [3.05, 3.63) is 58.1 Å². The fraction of sp³-hybridized carbons (Fsp3) is 0.480. The summed E-state index contributed by atoms with van der Waals surface area (Å²) in [6, 6.07) is 9.93. The van der Waals surface area contributed by atoms with Crippen molar-refractivity contribution >= 4 is 11.7 Å². The molecular formula is C25H33N3O4. The fourth-order valence-electron chi connectivity index (χ4n) is 4.64. The Morgan fingerprint density at radius 1 is 1.09 bits per heavy atom. The van der Waals surface area contributed by atoms with Crippen molar-refractivity contribution in [3.63, 3.8) is 0 Å². The van der Waals surface area contributed by atoms with Gasteiger partial charge in [0, 0.05) is 51.9 Å². The highest BCUT2D eigenvalue weighted by Gasteiger charge is 2.27. The van der Waals surface area contributed by atoms with Crippen molar-refractivity contribution in [2.24, 2.45) is 0 Å². The van der Waals surface area contributed by atoms with Crippen molar-refractivity contribution in [2.75, 3.05) is 59.2 Å². The van der Waals surface area contributed by atoms with Crippen molar-refractivity contribution < 1.29 is 19.0 Å². The molecule has 1 saturated heterocycles. The highest BCUT2D eigenvalue weighted by Crippen LogP contribution is 2.31. The van der Waals surface area contributed by atoms with Crippen LogP contribution in [0.25, 0.3) is 0 Å². The molecule has 2 aromatic carbocycles. The molecule has 1 fully saturated rings. The first-order chi connectivity index (χ1) is 15.5. The second kappa shape index (κ2) is 9.90. The molecule has 7 heteroatoms. The van der Waals surface area contributed by atoms with Gasteiger partial charge in [-0.2, -0.15) is 0 Å². The van der Waals surface area contributed by atoms with Crippen molar-refractivity contribution in [1.29, 1.82) is 0 Å². The summed E-state index contributed by atoms with van der Waals surface area (Å²) >= 11 is 0. The summed E-state index contributed by atoms with van der Waals surface area (Å²) in [7, 11) is 3.41. The number of carbonyl (C=O) groups excluding carboxylic acids is 1. The van der Waals surface area contributed by atoms with Crippen LogP contribution in [0.1, 0.15) is 38.7 Å². The van der Waals surface area contributed by atoms with Crippen molar-refractivity contribution in [2.45, 2.75) is 26.1 Å². The first-order valence-electron chi connectivity index (χ1n) is 11.2. The van der Waals surface area contributed by atoms with E-state index in [1.807, 2.05) is 24.3 Å². The number of fused-ring (bicyclic) bond motifs is 1. The van der Waals surface area contributed by atoms with Gasteiger partial charge >= 0.3 is 5.97 Å². The van der Waals surface area contributed by atoms with Gasteiger partial charge in [-0.15, -0.1) is 0 Å². The van der Waals surface area contributed by atoms with Gasteiger partial charge in [0.25, 0.3) is 0 Å². The maximum Gasteiger partial charge on any atom is 0.338 e. The molecule has 1 unspecified atom stereocenters. The Morgan fingerprint density at radius 2 is 1.84 bits per heavy atom. The number of nitrogen functional groups attached to an aromatic ring is 1. The van der Waals surface area contributed by atoms with Crippen molar-refractivity contribution in [1.82, 2.24) is 9.80 Å². The van der Waals surface area contributed by atoms with E-state index in [1.54, 1.807) is 14.2 Å². The van der Waals surface area contributed by atoms with Crippen LogP contribution in [0.4, 0.5) is 5.69 Å². The summed E-state index contributed by atoms with van der Waals surface area (Å²) in [5.41, 5.74) is 11.8. The van der Waals surface area contributed by atoms with Gasteiger partial charge in [0.2, 0.25) is 0 Å². The minimum Gasteiger partial charge on any atom is -0.495 e. The molecule has 2 N–H and O–H groups in total. The van der Waals surface area contributed by atoms with Gasteiger partial charge in [-0.1, -0.05) is 12.1 Å². The Morgan fingerprint density at radius 3 is 2.56 bits per heavy atom. The number of carbonyl (C=O) groups is 1. The molecule has 2 aliphatic heterocycles. The zero-order valence-electron chi connectivity index (χ0n) is 19.2. The number of ether oxygens (including phenoxy) is 3. The maximum atomic E-state index is 11.8. The van der Waals surface area contributed by atoms with E-state index in [0.29, 0.717) is 17.9 Å². The monoisotopic (exact) mass is 439 g/mol. The van der Waals surface area contributed by atoms with Crippen LogP contribution in [-0.4, -0.2) is 69.3 Å². The number of rotatable bonds is 8. The van der Waals surface area contributed by atoms with Gasteiger partial charge in [-0.25, -0.2) is 4.79 Å². The Bertz CT molecular complexity index is 970. The van der Waals surface area contributed by atoms with Gasteiger partial charge in [0.15, 0.2) is 0 Å². The number of hydrogen-bond acceptors (Lipinski definition) is 7. The van der Waals surface area contributed by atoms with Crippen LogP contribution in [-0.2, 0) is 22.5 Å². The minimum absolute atomic E-state index is 0.0233. The van der Waals surface area contributed by atoms with Crippen molar-refractivity contribution in [3.8, 4) is 5.75 Å². The lowest BCUT2D eigenvalue weighted by atomic mass is 9.95. The molecule has 1 atom stereocenters. The number of methoxy groups -OCH3 is 2. The van der Waals surface area contributed by atoms with Crippen LogP contribution in [0, 0.1) is 6.92 Å². The molecule has 0 amide bonds. The smallest absolute Gasteiger partial charge is 0.338 e. The molecule has 2 aliphatic rings. The predicted molar refractivity (Wildman–Crippen MR) is 124 cm³/mol. The quantitative estimate of drug-likeness (QED) is 0.501. The van der Waals surface area contributed by atoms with Gasteiger partial charge < -0.3 is 24.8 Å². The third kappa shape index (κ3) is 4.75. The lowest BCUT2D eigenvalue weighted by Crippen LogP contribution is -2.48. The molecule has 2 heterocycles. The summed E-state index contributed by atoms with van der Waals surface area (Å²) in [4.78, 5) is 16.8. The lowest BCUT2D eigenvalue weighted by molar-refractivity contribution is 0.0418. The Labute approximate surface area is 190 Å². The second-order valence-electron chi connectivity index (χ2n) is 8.57. The molecule has 2 aromatic rings. The molecule has 0 radical (unpaired) electrons. The van der Waals surface area contributed by atoms with Crippen LogP contribution < -0.4 is 10.5 Å². The highest BCUT2D eigenvalue weighted by atomic mass is 16.5. The van der Waals surface area contributed by atoms with Crippen LogP contribution in [0.5, 0.6) is 5.75 Å². The normalized spacial score (nSPS) is 17.8. The average molecular weight is 440 g/mol. The number of hydrogen-bond donors (Lipinski definition) is 1. The average Bonchev–Trinajstić information content (AvgIpc) is 3.20. The van der Waals surface area contributed by atoms with E-state index in [4.69, 9.17) is 19.9 Å². The summed E-state index contributed by atoms with van der Waals surface area (Å²) in [5.74, 6) is 0.521. The Kier molecular flexibility index (Phi) is 6.98. The molecule has 7 nitrogen and oxygen atoms in total. The second-order valence-corrected chi connectivity index (χ2v) is 8.57. The van der Waals surface area contributed by atoms with E-state index in [0.717, 1.165) is 68.1 Å². The number of esters is 1. The first-order valence-corrected chi connectivity index (χ1v) is 11.2. The van der Waals surface area contributed by atoms with Gasteiger partial charge in [-0.05, 0) is 48.2 Å². The van der Waals surface area contributed by atoms with E-state index in [2.05, 4.69) is 22.8 Å². The predicted octanol–water partition coefficient (Wildman–Crippen LogP) is 2.80. The van der Waals surface area contributed by atoms with Crippen LogP contribution in [0.3, 0.4) is 0 Å². The molecule has 172 valence electrons. The number of anilines is 1. The molecule has 32 heavy (non-hydrogen) atoms. The molecule has 4 rings (SSSR count). The largest absolute Gasteiger partial charge is 0.495 e. The number of piperazine rings is 1. The molecule has 0 saturated carbocycles. The van der Waals surface area contributed by atoms with Gasteiger partial charge in [0.1, 0.15) is 12.4 Å². The third-order valence-electron chi connectivity index (χ3n) is 6.74. The molecule has 0 spiro atoms. The van der Waals surface area contributed by atoms with Gasteiger partial charge in [-0.3, -0.25) is 4.90 Å². The summed E-state index contributed by atoms with van der Waals surface area (Å²) in [6.45, 7) is 8.38. The van der Waals surface area contributed by atoms with Crippen LogP contribution in [0.15, 0.2) is 30.3 Å². The summed E-state index contributed by atoms with van der Waals surface area (Å²) < 4.78 is 16.4. The summed E-state index contributed by atoms with van der Waals surface area (Å²) in [6.07, 6.45) is 0.955. The summed E-state index contributed by atoms with van der Waals surface area (Å²) in [5, 5.41) is 0. The highest BCUT2D eigenvalue weighted by molar-refractivity contribution is 5.93. The standard InChI is InChI=1S/C25H33N3O4/c1-17-19(5-6-20-21(17)16-32-25(20)29)24(31-3)15-28-12-10-27(11-13-28)9-8-18-4-7-22(26)23(14-18)30-2/h4-7,14,24H,8-13,15-16,26H2,1-3H3. The van der Waals surface area contributed by atoms with E-state index in [9.17, 15) is 4.79 Å². The molecular weight excluding hydrogens is 406 g/mol. The van der Waals surface area contributed by atoms with E-state index < -0.39 is 0 Å². The molecule has 0 aromatic heterocycles. The Balaban J connectivity index is 1.30. The third-order valence-corrected chi connectivity index (χ3v) is 6.74. The molecule has 0 bridgehead atoms. The first kappa shape index (κ1) is 22.6. The number of nitrogens with zero attached hydrogens (tertiary/aromatic N) is 2.